The van der Waals surface area contributed by atoms with Crippen LogP contribution in [0, 0.1) is 18.7 Å². The Morgan fingerprint density at radius 2 is 1.86 bits per heavy atom. The van der Waals surface area contributed by atoms with Crippen LogP contribution in [0.2, 0.25) is 0 Å². The normalized spacial score (nSPS) is 19.9. The van der Waals surface area contributed by atoms with E-state index in [-0.39, 0.29) is 11.7 Å². The number of fused-ring (bicyclic) bond motifs is 1. The molecule has 4 heterocycles. The van der Waals surface area contributed by atoms with Gasteiger partial charge in [0, 0.05) is 63.5 Å². The number of halogens is 1. The van der Waals surface area contributed by atoms with Crippen LogP contribution in [-0.2, 0) is 22.6 Å². The summed E-state index contributed by atoms with van der Waals surface area (Å²) in [6.45, 7) is 9.77. The summed E-state index contributed by atoms with van der Waals surface area (Å²) in [5.74, 6) is -0.269. The molecule has 3 aromatic rings. The number of piperidine rings is 1. The average Bonchev–Trinajstić information content (AvgIpc) is 3.48. The number of ether oxygens (including phenoxy) is 2. The molecule has 44 heavy (non-hydrogen) atoms. The minimum atomic E-state index is -0.729. The first-order chi connectivity index (χ1) is 21.4. The first-order valence-corrected chi connectivity index (χ1v) is 16.5. The highest BCUT2D eigenvalue weighted by Crippen LogP contribution is 2.38. The van der Waals surface area contributed by atoms with E-state index in [0.29, 0.717) is 61.5 Å². The van der Waals surface area contributed by atoms with Crippen LogP contribution in [0.5, 0.6) is 5.75 Å². The Hall–Kier alpha value is -3.05. The molecule has 8 nitrogen and oxygen atoms in total. The number of rotatable bonds is 7. The summed E-state index contributed by atoms with van der Waals surface area (Å²) in [5.41, 5.74) is 5.98. The van der Waals surface area contributed by atoms with Gasteiger partial charge >= 0.3 is 5.97 Å². The van der Waals surface area contributed by atoms with Gasteiger partial charge < -0.3 is 24.6 Å². The topological polar surface area (TPSA) is 95.4 Å². The number of anilines is 1. The molecule has 1 atom stereocenters. The first kappa shape index (κ1) is 32.3. The first-order valence-electron chi connectivity index (χ1n) is 15.6. The molecule has 6 rings (SSSR count). The molecule has 2 N–H and O–H groups in total. The lowest BCUT2D eigenvalue weighted by Gasteiger charge is -2.34. The number of carbonyl (C=O) groups is 1. The highest BCUT2D eigenvalue weighted by molar-refractivity contribution is 7.14. The molecule has 0 amide bonds. The van der Waals surface area contributed by atoms with Gasteiger partial charge in [0.1, 0.15) is 18.2 Å². The molecule has 0 radical (unpaired) electrons. The molecule has 2 saturated heterocycles. The Morgan fingerprint density at radius 3 is 2.59 bits per heavy atom. The lowest BCUT2D eigenvalue weighted by molar-refractivity contribution is -0.142. The van der Waals surface area contributed by atoms with Crippen LogP contribution in [0.1, 0.15) is 60.8 Å². The van der Waals surface area contributed by atoms with Gasteiger partial charge in [-0.25, -0.2) is 9.37 Å². The molecule has 2 aromatic carbocycles. The molecule has 3 aliphatic rings. The number of aliphatic hydroxyl groups excluding tert-OH is 1. The van der Waals surface area contributed by atoms with Crippen LogP contribution in [-0.4, -0.2) is 78.6 Å². The van der Waals surface area contributed by atoms with E-state index < -0.39 is 5.97 Å². The Kier molecular flexibility index (Phi) is 10.9. The molecule has 0 bridgehead atoms. The fraction of sp³-hybridized carbons (Fsp3) is 0.529. The third-order valence-corrected chi connectivity index (χ3v) is 10.0. The third kappa shape index (κ3) is 7.42. The maximum absolute atomic E-state index is 14.6. The van der Waals surface area contributed by atoms with Crippen LogP contribution in [0.15, 0.2) is 35.7 Å². The van der Waals surface area contributed by atoms with Crippen LogP contribution in [0.4, 0.5) is 9.52 Å². The fourth-order valence-corrected chi connectivity index (χ4v) is 7.61. The Balaban J connectivity index is 0.00000188. The average molecular weight is 626 g/mol. The van der Waals surface area contributed by atoms with Gasteiger partial charge in [-0.3, -0.25) is 9.69 Å². The van der Waals surface area contributed by atoms with Gasteiger partial charge in [0.2, 0.25) is 0 Å². The molecule has 2 fully saturated rings. The zero-order valence-electron chi connectivity index (χ0n) is 25.9. The lowest BCUT2D eigenvalue weighted by Crippen LogP contribution is -2.41. The van der Waals surface area contributed by atoms with Gasteiger partial charge in [-0.1, -0.05) is 25.1 Å². The van der Waals surface area contributed by atoms with Gasteiger partial charge in [0.05, 0.1) is 11.6 Å². The monoisotopic (exact) mass is 625 g/mol. The van der Waals surface area contributed by atoms with E-state index >= 15 is 0 Å². The van der Waals surface area contributed by atoms with Crippen molar-refractivity contribution >= 4 is 22.4 Å². The Labute approximate surface area is 263 Å². The molecule has 0 aliphatic carbocycles. The molecule has 1 aromatic heterocycles. The van der Waals surface area contributed by atoms with Crippen LogP contribution in [0.25, 0.3) is 11.3 Å². The van der Waals surface area contributed by atoms with Crippen molar-refractivity contribution in [1.29, 1.82) is 0 Å². The van der Waals surface area contributed by atoms with Gasteiger partial charge in [-0.15, -0.1) is 11.3 Å². The molecule has 238 valence electrons. The minimum Gasteiger partial charge on any atom is -0.488 e. The van der Waals surface area contributed by atoms with E-state index in [4.69, 9.17) is 19.6 Å². The number of aryl methyl sites for hydroxylation is 1. The predicted octanol–water partition coefficient (Wildman–Crippen LogP) is 5.89. The fourth-order valence-electron chi connectivity index (χ4n) is 6.73. The van der Waals surface area contributed by atoms with Crippen molar-refractivity contribution in [1.82, 2.24) is 9.88 Å². The number of hydrogen-bond donors (Lipinski definition) is 2. The van der Waals surface area contributed by atoms with Crippen molar-refractivity contribution in [2.24, 2.45) is 5.92 Å². The van der Waals surface area contributed by atoms with E-state index in [2.05, 4.69) is 34.9 Å². The highest BCUT2D eigenvalue weighted by atomic mass is 32.1. The van der Waals surface area contributed by atoms with Gasteiger partial charge in [0.25, 0.3) is 0 Å². The van der Waals surface area contributed by atoms with Crippen molar-refractivity contribution in [2.45, 2.75) is 64.5 Å². The smallest absolute Gasteiger partial charge is 0.306 e. The van der Waals surface area contributed by atoms with Crippen LogP contribution < -0.4 is 9.64 Å². The maximum atomic E-state index is 14.6. The Morgan fingerprint density at radius 1 is 1.11 bits per heavy atom. The van der Waals surface area contributed by atoms with Gasteiger partial charge in [-0.05, 0) is 79.3 Å². The van der Waals surface area contributed by atoms with E-state index in [1.54, 1.807) is 0 Å². The van der Waals surface area contributed by atoms with Crippen molar-refractivity contribution < 1.29 is 28.9 Å². The van der Waals surface area contributed by atoms with E-state index in [9.17, 15) is 14.3 Å². The summed E-state index contributed by atoms with van der Waals surface area (Å²) in [4.78, 5) is 21.0. The molecule has 0 saturated carbocycles. The van der Waals surface area contributed by atoms with Gasteiger partial charge in [-0.2, -0.15) is 0 Å². The highest BCUT2D eigenvalue weighted by Gasteiger charge is 2.28. The van der Waals surface area contributed by atoms with E-state index in [1.807, 2.05) is 12.3 Å². The second kappa shape index (κ2) is 14.8. The number of benzene rings is 2. The third-order valence-electron chi connectivity index (χ3n) is 9.13. The summed E-state index contributed by atoms with van der Waals surface area (Å²) >= 11 is 1.50. The Bertz CT molecular complexity index is 1420. The van der Waals surface area contributed by atoms with Crippen molar-refractivity contribution in [3.05, 3.63) is 63.8 Å². The zero-order valence-corrected chi connectivity index (χ0v) is 26.7. The lowest BCUT2D eigenvalue weighted by atomic mass is 9.93. The molecule has 0 spiro atoms. The van der Waals surface area contributed by atoms with E-state index in [0.717, 1.165) is 68.9 Å². The summed E-state index contributed by atoms with van der Waals surface area (Å²) in [5, 5.41) is 19.1. The summed E-state index contributed by atoms with van der Waals surface area (Å²) < 4.78 is 26.6. The number of aromatic nitrogens is 1. The maximum Gasteiger partial charge on any atom is 0.306 e. The molecular formula is C34H44FN3O5S. The minimum absolute atomic E-state index is 0.298. The molecule has 10 heteroatoms. The van der Waals surface area contributed by atoms with Crippen molar-refractivity contribution in [3.63, 3.8) is 0 Å². The number of carboxylic acid groups (broad SMARTS) is 1. The molecule has 1 unspecified atom stereocenters. The molecular weight excluding hydrogens is 581 g/mol. The quantitative estimate of drug-likeness (QED) is 0.336. The van der Waals surface area contributed by atoms with Crippen molar-refractivity contribution in [2.75, 3.05) is 51.4 Å². The molecule has 3 aliphatic heterocycles. The van der Waals surface area contributed by atoms with Crippen molar-refractivity contribution in [3.8, 4) is 17.0 Å². The second-order valence-corrected chi connectivity index (χ2v) is 12.9. The van der Waals surface area contributed by atoms with E-state index in [1.165, 1.54) is 34.6 Å². The number of nitrogens with zero attached hydrogens (tertiary/aromatic N) is 3. The largest absolute Gasteiger partial charge is 0.488 e. The number of hydrogen-bond acceptors (Lipinski definition) is 8. The predicted molar refractivity (Wildman–Crippen MR) is 171 cm³/mol. The number of aliphatic hydroxyl groups is 1. The summed E-state index contributed by atoms with van der Waals surface area (Å²) in [6.07, 6.45) is 4.49. The second-order valence-electron chi connectivity index (χ2n) is 12.0. The number of carboxylic acids is 1. The number of thiazole rings is 1. The summed E-state index contributed by atoms with van der Waals surface area (Å²) in [6, 6.07) is 10.3. The van der Waals surface area contributed by atoms with Crippen LogP contribution in [0.3, 0.4) is 0 Å². The summed E-state index contributed by atoms with van der Waals surface area (Å²) in [7, 11) is 1.00. The zero-order chi connectivity index (χ0) is 31.2. The number of aliphatic carboxylic acids is 1. The van der Waals surface area contributed by atoms with Crippen LogP contribution >= 0.6 is 11.3 Å². The standard InChI is InChI=1S/C33H40FN3O4S.CH4O/c1-21-15-26(34)17-29(30-20-42-33(35-30)36-10-6-25(7-11-36)32(38)39)31(21)41-19-23-3-4-24-5-12-37(18-22(2)28(24)16-23)27-8-13-40-14-9-27;1-2/h3-4,15-17,20,22,25,27H,5-14,18-19H2,1-2H3,(H,38,39);2H,1H3. The SMILES string of the molecule is CO.Cc1cc(F)cc(-c2csc(N3CCC(C(=O)O)CC3)n2)c1OCc1ccc2c(c1)C(C)CN(C1CCOCC1)CC2. The van der Waals surface area contributed by atoms with Gasteiger partial charge in [0.15, 0.2) is 5.13 Å².